The average Bonchev–Trinajstić information content (AvgIpc) is 3.13. The number of rotatable bonds is 5. The molecule has 0 bridgehead atoms. The van der Waals surface area contributed by atoms with Gasteiger partial charge in [0.2, 0.25) is 0 Å². The van der Waals surface area contributed by atoms with Gasteiger partial charge in [0.25, 0.3) is 0 Å². The summed E-state index contributed by atoms with van der Waals surface area (Å²) in [5.41, 5.74) is 2.39. The minimum atomic E-state index is 0.555. The monoisotopic (exact) mass is 377 g/mol. The molecule has 0 spiro atoms. The van der Waals surface area contributed by atoms with Crippen molar-refractivity contribution in [3.05, 3.63) is 66.2 Å². The van der Waals surface area contributed by atoms with Gasteiger partial charge in [0.1, 0.15) is 0 Å². The van der Waals surface area contributed by atoms with Crippen LogP contribution in [0.2, 0.25) is 0 Å². The minimum Gasteiger partial charge on any atom is -0.348 e. The number of anilines is 1. The number of para-hydroxylation sites is 1. The van der Waals surface area contributed by atoms with Crippen molar-refractivity contribution in [1.29, 1.82) is 0 Å². The zero-order chi connectivity index (χ0) is 18.6. The first-order chi connectivity index (χ1) is 13.2. The first kappa shape index (κ1) is 18.2. The largest absolute Gasteiger partial charge is 0.348 e. The molecule has 1 fully saturated rings. The molecule has 27 heavy (non-hydrogen) atoms. The molecule has 1 saturated heterocycles. The van der Waals surface area contributed by atoms with Crippen molar-refractivity contribution in [2.24, 2.45) is 5.92 Å². The molecule has 0 amide bonds. The Morgan fingerprint density at radius 1 is 1.15 bits per heavy atom. The van der Waals surface area contributed by atoms with Crippen LogP contribution in [0.4, 0.5) is 5.13 Å². The number of aromatic nitrogens is 1. The molecule has 0 radical (unpaired) electrons. The van der Waals surface area contributed by atoms with Gasteiger partial charge in [-0.15, -0.1) is 0 Å². The molecule has 3 aromatic rings. The number of likely N-dealkylation sites (tertiary alicyclic amines) is 1. The van der Waals surface area contributed by atoms with Crippen molar-refractivity contribution < 1.29 is 0 Å². The fraction of sp³-hybridized carbons (Fsp3) is 0.348. The lowest BCUT2D eigenvalue weighted by atomic mass is 9.93. The fourth-order valence-electron chi connectivity index (χ4n) is 4.02. The summed E-state index contributed by atoms with van der Waals surface area (Å²) in [7, 11) is 2.21. The highest BCUT2D eigenvalue weighted by Crippen LogP contribution is 2.32. The summed E-state index contributed by atoms with van der Waals surface area (Å²) >= 11 is 1.80. The normalized spacial score (nSPS) is 21.1. The van der Waals surface area contributed by atoms with Crippen molar-refractivity contribution in [3.8, 4) is 0 Å². The van der Waals surface area contributed by atoms with Gasteiger partial charge in [0, 0.05) is 32.7 Å². The summed E-state index contributed by atoms with van der Waals surface area (Å²) in [6.45, 7) is 5.68. The molecule has 0 aliphatic carbocycles. The molecule has 0 unspecified atom stereocenters. The zero-order valence-electron chi connectivity index (χ0n) is 16.1. The maximum Gasteiger partial charge on any atom is 0.186 e. The fourth-order valence-corrected chi connectivity index (χ4v) is 5.00. The van der Waals surface area contributed by atoms with Crippen molar-refractivity contribution in [2.75, 3.05) is 31.6 Å². The van der Waals surface area contributed by atoms with Gasteiger partial charge in [-0.2, -0.15) is 0 Å². The van der Waals surface area contributed by atoms with Crippen molar-refractivity contribution in [3.63, 3.8) is 0 Å². The highest BCUT2D eigenvalue weighted by atomic mass is 32.1. The van der Waals surface area contributed by atoms with E-state index in [-0.39, 0.29) is 0 Å². The Bertz CT molecular complexity index is 869. The molecule has 4 rings (SSSR count). The zero-order valence-corrected chi connectivity index (χ0v) is 16.9. The number of nitrogens with zero attached hydrogens (tertiary/aromatic N) is 3. The van der Waals surface area contributed by atoms with Crippen LogP contribution >= 0.6 is 11.3 Å². The molecule has 2 atom stereocenters. The van der Waals surface area contributed by atoms with Gasteiger partial charge in [-0.25, -0.2) is 4.98 Å². The second kappa shape index (κ2) is 8.24. The van der Waals surface area contributed by atoms with Gasteiger partial charge in [-0.3, -0.25) is 4.90 Å². The molecular formula is C23H27N3S. The Morgan fingerprint density at radius 2 is 1.93 bits per heavy atom. The van der Waals surface area contributed by atoms with E-state index in [4.69, 9.17) is 4.98 Å². The van der Waals surface area contributed by atoms with E-state index in [9.17, 15) is 0 Å². The van der Waals surface area contributed by atoms with E-state index in [2.05, 4.69) is 90.5 Å². The lowest BCUT2D eigenvalue weighted by molar-refractivity contribution is 0.177. The summed E-state index contributed by atoms with van der Waals surface area (Å²) in [6, 6.07) is 19.5. The standard InChI is InChI=1S/C23H27N3S/c1-18-17-26(15-8-11-19-9-4-3-5-10-19)16-14-21(18)25(2)23-24-20-12-6-7-13-22(20)27-23/h3-13,18,21H,14-17H2,1-2H3/t18-,21+/m0/s1. The minimum absolute atomic E-state index is 0.555. The summed E-state index contributed by atoms with van der Waals surface area (Å²) in [5, 5.41) is 1.14. The van der Waals surface area contributed by atoms with E-state index in [0.717, 1.165) is 30.3 Å². The molecule has 2 heterocycles. The molecular weight excluding hydrogens is 350 g/mol. The molecule has 0 saturated carbocycles. The van der Waals surface area contributed by atoms with E-state index in [1.165, 1.54) is 16.7 Å². The molecule has 2 aromatic carbocycles. The van der Waals surface area contributed by atoms with Crippen LogP contribution in [0.15, 0.2) is 60.7 Å². The van der Waals surface area contributed by atoms with Gasteiger partial charge in [0.15, 0.2) is 5.13 Å². The topological polar surface area (TPSA) is 19.4 Å². The van der Waals surface area contributed by atoms with Crippen LogP contribution in [0.5, 0.6) is 0 Å². The van der Waals surface area contributed by atoms with Crippen LogP contribution in [0.1, 0.15) is 18.9 Å². The smallest absolute Gasteiger partial charge is 0.186 e. The number of thiazole rings is 1. The maximum atomic E-state index is 4.84. The number of benzene rings is 2. The quantitative estimate of drug-likeness (QED) is 0.612. The van der Waals surface area contributed by atoms with Gasteiger partial charge in [-0.1, -0.05) is 72.9 Å². The highest BCUT2D eigenvalue weighted by molar-refractivity contribution is 7.22. The van der Waals surface area contributed by atoms with Crippen LogP contribution < -0.4 is 4.90 Å². The number of piperidine rings is 1. The van der Waals surface area contributed by atoms with E-state index in [0.29, 0.717) is 12.0 Å². The third-order valence-electron chi connectivity index (χ3n) is 5.50. The predicted octanol–water partition coefficient (Wildman–Crippen LogP) is 5.16. The lowest BCUT2D eigenvalue weighted by Crippen LogP contribution is -2.49. The Balaban J connectivity index is 1.36. The second-order valence-electron chi connectivity index (χ2n) is 7.48. The SMILES string of the molecule is C[C@H]1CN(CC=Cc2ccccc2)CC[C@H]1N(C)c1nc2ccccc2s1. The molecule has 1 aromatic heterocycles. The Hall–Kier alpha value is -2.17. The highest BCUT2D eigenvalue weighted by Gasteiger charge is 2.29. The predicted molar refractivity (Wildman–Crippen MR) is 118 cm³/mol. The van der Waals surface area contributed by atoms with E-state index in [1.54, 1.807) is 11.3 Å². The summed E-state index contributed by atoms with van der Waals surface area (Å²) in [5.74, 6) is 0.626. The van der Waals surface area contributed by atoms with Crippen LogP contribution in [-0.4, -0.2) is 42.6 Å². The van der Waals surface area contributed by atoms with Gasteiger partial charge in [-0.05, 0) is 30.0 Å². The molecule has 1 aliphatic heterocycles. The molecule has 4 heteroatoms. The van der Waals surface area contributed by atoms with Gasteiger partial charge >= 0.3 is 0 Å². The van der Waals surface area contributed by atoms with Crippen LogP contribution in [0.25, 0.3) is 16.3 Å². The van der Waals surface area contributed by atoms with E-state index >= 15 is 0 Å². The number of hydrogen-bond acceptors (Lipinski definition) is 4. The third kappa shape index (κ3) is 4.23. The molecule has 3 nitrogen and oxygen atoms in total. The summed E-state index contributed by atoms with van der Waals surface area (Å²) < 4.78 is 1.27. The molecule has 0 N–H and O–H groups in total. The summed E-state index contributed by atoms with van der Waals surface area (Å²) in [6.07, 6.45) is 5.70. The Kier molecular flexibility index (Phi) is 5.55. The first-order valence-corrected chi connectivity index (χ1v) is 10.5. The average molecular weight is 378 g/mol. The Morgan fingerprint density at radius 3 is 2.70 bits per heavy atom. The van der Waals surface area contributed by atoms with Crippen LogP contribution in [-0.2, 0) is 0 Å². The maximum absolute atomic E-state index is 4.84. The molecule has 1 aliphatic rings. The van der Waals surface area contributed by atoms with Gasteiger partial charge in [0.05, 0.1) is 10.2 Å². The summed E-state index contributed by atoms with van der Waals surface area (Å²) in [4.78, 5) is 9.82. The Labute approximate surface area is 166 Å². The lowest BCUT2D eigenvalue weighted by Gasteiger charge is -2.41. The number of fused-ring (bicyclic) bond motifs is 1. The van der Waals surface area contributed by atoms with Crippen molar-refractivity contribution >= 4 is 32.8 Å². The van der Waals surface area contributed by atoms with E-state index < -0.39 is 0 Å². The molecule has 140 valence electrons. The van der Waals surface area contributed by atoms with Crippen LogP contribution in [0, 0.1) is 5.92 Å². The first-order valence-electron chi connectivity index (χ1n) is 9.73. The van der Waals surface area contributed by atoms with Gasteiger partial charge < -0.3 is 4.90 Å². The van der Waals surface area contributed by atoms with Crippen LogP contribution in [0.3, 0.4) is 0 Å². The second-order valence-corrected chi connectivity index (χ2v) is 8.49. The van der Waals surface area contributed by atoms with Crippen molar-refractivity contribution in [1.82, 2.24) is 9.88 Å². The van der Waals surface area contributed by atoms with E-state index in [1.807, 2.05) is 0 Å². The number of hydrogen-bond donors (Lipinski definition) is 0. The third-order valence-corrected chi connectivity index (χ3v) is 6.63. The van der Waals surface area contributed by atoms with Crippen molar-refractivity contribution in [2.45, 2.75) is 19.4 Å².